The van der Waals surface area contributed by atoms with Gasteiger partial charge >= 0.3 is 0 Å². The van der Waals surface area contributed by atoms with E-state index in [2.05, 4.69) is 15.3 Å². The quantitative estimate of drug-likeness (QED) is 0.605. The van der Waals surface area contributed by atoms with Gasteiger partial charge in [-0.2, -0.15) is 0 Å². The van der Waals surface area contributed by atoms with E-state index >= 15 is 0 Å². The Bertz CT molecular complexity index is 829. The predicted octanol–water partition coefficient (Wildman–Crippen LogP) is 2.54. The second kappa shape index (κ2) is 9.23. The molecule has 0 aromatic carbocycles. The van der Waals surface area contributed by atoms with Gasteiger partial charge in [-0.25, -0.2) is 9.97 Å². The van der Waals surface area contributed by atoms with E-state index in [0.29, 0.717) is 30.2 Å². The zero-order valence-electron chi connectivity index (χ0n) is 17.3. The van der Waals surface area contributed by atoms with Gasteiger partial charge in [0.1, 0.15) is 12.1 Å². The summed E-state index contributed by atoms with van der Waals surface area (Å²) in [5.74, 6) is 0.974. The maximum absolute atomic E-state index is 11.0. The zero-order valence-corrected chi connectivity index (χ0v) is 18.1. The molecule has 160 valence electrons. The number of hydrogen-bond donors (Lipinski definition) is 2. The molecular weight excluding hydrogens is 394 g/mol. The highest BCUT2D eigenvalue weighted by atomic mass is 32.1. The number of thiazole rings is 1. The van der Waals surface area contributed by atoms with Gasteiger partial charge in [-0.1, -0.05) is 11.3 Å². The Balaban J connectivity index is 1.40. The van der Waals surface area contributed by atoms with E-state index in [1.807, 2.05) is 19.1 Å². The minimum atomic E-state index is -0.911. The monoisotopic (exact) mass is 423 g/mol. The molecule has 1 fully saturated rings. The smallest absolute Gasteiger partial charge is 0.275 e. The van der Waals surface area contributed by atoms with Gasteiger partial charge < -0.3 is 24.6 Å². The maximum atomic E-state index is 11.0. The van der Waals surface area contributed by atoms with Gasteiger partial charge in [0.25, 0.3) is 5.19 Å². The van der Waals surface area contributed by atoms with Crippen LogP contribution in [0.25, 0.3) is 10.3 Å². The number of rotatable bonds is 10. The molecule has 2 N–H and O–H groups in total. The second-order valence-electron chi connectivity index (χ2n) is 8.26. The summed E-state index contributed by atoms with van der Waals surface area (Å²) < 4.78 is 17.2. The van der Waals surface area contributed by atoms with Gasteiger partial charge in [0.05, 0.1) is 24.9 Å². The van der Waals surface area contributed by atoms with Crippen molar-refractivity contribution in [3.63, 3.8) is 0 Å². The molecule has 2 aromatic heterocycles. The first-order valence-electron chi connectivity index (χ1n) is 9.82. The van der Waals surface area contributed by atoms with E-state index < -0.39 is 5.60 Å². The second-order valence-corrected chi connectivity index (χ2v) is 9.20. The number of nitrogens with one attached hydrogen (secondary N) is 1. The molecule has 0 unspecified atom stereocenters. The van der Waals surface area contributed by atoms with Crippen LogP contribution < -0.4 is 14.8 Å². The van der Waals surface area contributed by atoms with E-state index in [9.17, 15) is 9.90 Å². The molecule has 2 heterocycles. The number of carbonyl (C=O) groups is 1. The number of hydrogen-bond acceptors (Lipinski definition) is 8. The number of ether oxygens (including phenoxy) is 3. The number of aliphatic hydroxyl groups is 1. The molecule has 3 rings (SSSR count). The molecule has 1 aliphatic carbocycles. The Hall–Kier alpha value is -1.97. The van der Waals surface area contributed by atoms with E-state index in [1.165, 1.54) is 18.3 Å². The van der Waals surface area contributed by atoms with Crippen LogP contribution in [0.15, 0.2) is 12.1 Å². The van der Waals surface area contributed by atoms with Crippen LogP contribution in [-0.4, -0.2) is 58.5 Å². The molecule has 1 aliphatic rings. The lowest BCUT2D eigenvalue weighted by Crippen LogP contribution is -2.40. The summed E-state index contributed by atoms with van der Waals surface area (Å²) >= 11 is 1.33. The van der Waals surface area contributed by atoms with Crippen molar-refractivity contribution >= 4 is 27.6 Å². The minimum absolute atomic E-state index is 0.0236. The van der Waals surface area contributed by atoms with Crippen molar-refractivity contribution in [2.75, 3.05) is 19.8 Å². The van der Waals surface area contributed by atoms with Gasteiger partial charge in [-0.3, -0.25) is 4.79 Å². The zero-order chi connectivity index (χ0) is 21.0. The van der Waals surface area contributed by atoms with Crippen LogP contribution in [0, 0.1) is 5.92 Å². The fourth-order valence-electron chi connectivity index (χ4n) is 2.98. The van der Waals surface area contributed by atoms with Crippen LogP contribution in [-0.2, 0) is 9.53 Å². The van der Waals surface area contributed by atoms with E-state index in [1.54, 1.807) is 13.8 Å². The molecule has 1 saturated carbocycles. The van der Waals surface area contributed by atoms with E-state index in [-0.39, 0.29) is 24.7 Å². The van der Waals surface area contributed by atoms with Gasteiger partial charge in [0.15, 0.2) is 4.83 Å². The number of fused-ring (bicyclic) bond motifs is 1. The van der Waals surface area contributed by atoms with Crippen molar-refractivity contribution in [2.24, 2.45) is 5.92 Å². The summed E-state index contributed by atoms with van der Waals surface area (Å²) in [7, 11) is 0. The van der Waals surface area contributed by atoms with E-state index in [4.69, 9.17) is 14.2 Å². The molecule has 8 nitrogen and oxygen atoms in total. The molecule has 0 spiro atoms. The average molecular weight is 424 g/mol. The highest BCUT2D eigenvalue weighted by molar-refractivity contribution is 7.19. The number of nitrogens with zero attached hydrogens (tertiary/aromatic N) is 2. The van der Waals surface area contributed by atoms with Crippen LogP contribution >= 0.6 is 11.3 Å². The van der Waals surface area contributed by atoms with E-state index in [0.717, 1.165) is 23.2 Å². The van der Waals surface area contributed by atoms with Crippen LogP contribution in [0.3, 0.4) is 0 Å². The third-order valence-corrected chi connectivity index (χ3v) is 5.33. The Labute approximate surface area is 174 Å². The Morgan fingerprint density at radius 2 is 2.10 bits per heavy atom. The Kier molecular flexibility index (Phi) is 6.92. The Morgan fingerprint density at radius 1 is 1.34 bits per heavy atom. The lowest BCUT2D eigenvalue weighted by Gasteiger charge is -2.35. The molecule has 0 saturated heterocycles. The fraction of sp³-hybridized carbons (Fsp3) is 0.650. The number of amides is 1. The molecule has 0 bridgehead atoms. The number of carbonyl (C=O) groups excluding carboxylic acids is 1. The summed E-state index contributed by atoms with van der Waals surface area (Å²) in [5, 5.41) is 13.1. The molecular formula is C20H29N3O5S. The van der Waals surface area contributed by atoms with Crippen molar-refractivity contribution < 1.29 is 24.1 Å². The van der Waals surface area contributed by atoms with Crippen LogP contribution in [0.2, 0.25) is 0 Å². The van der Waals surface area contributed by atoms with Crippen LogP contribution in [0.1, 0.15) is 40.5 Å². The van der Waals surface area contributed by atoms with Crippen LogP contribution in [0.4, 0.5) is 0 Å². The molecule has 29 heavy (non-hydrogen) atoms. The van der Waals surface area contributed by atoms with Crippen molar-refractivity contribution in [2.45, 2.75) is 58.3 Å². The summed E-state index contributed by atoms with van der Waals surface area (Å²) in [6, 6.07) is 3.69. The molecule has 0 aliphatic heterocycles. The van der Waals surface area contributed by atoms with Gasteiger partial charge in [0.2, 0.25) is 11.8 Å². The topological polar surface area (TPSA) is 103 Å². The number of pyridine rings is 1. The van der Waals surface area contributed by atoms with Crippen molar-refractivity contribution in [1.82, 2.24) is 15.3 Å². The fourth-order valence-corrected chi connectivity index (χ4v) is 3.76. The van der Waals surface area contributed by atoms with Gasteiger partial charge in [-0.15, -0.1) is 0 Å². The molecule has 9 heteroatoms. The van der Waals surface area contributed by atoms with Gasteiger partial charge in [0, 0.05) is 19.0 Å². The predicted molar refractivity (Wildman–Crippen MR) is 110 cm³/mol. The molecule has 1 amide bonds. The summed E-state index contributed by atoms with van der Waals surface area (Å²) in [6.07, 6.45) is 2.13. The molecule has 0 radical (unpaired) electrons. The summed E-state index contributed by atoms with van der Waals surface area (Å²) in [6.45, 7) is 8.11. The largest absolute Gasteiger partial charge is 0.477 e. The van der Waals surface area contributed by atoms with Crippen molar-refractivity contribution in [3.05, 3.63) is 12.1 Å². The summed E-state index contributed by atoms with van der Waals surface area (Å²) in [5.41, 5.74) is -0.162. The summed E-state index contributed by atoms with van der Waals surface area (Å²) in [4.78, 5) is 20.6. The lowest BCUT2D eigenvalue weighted by molar-refractivity contribution is -0.120. The maximum Gasteiger partial charge on any atom is 0.275 e. The lowest BCUT2D eigenvalue weighted by atomic mass is 9.83. The Morgan fingerprint density at radius 3 is 2.79 bits per heavy atom. The SMILES string of the molecule is CC(=O)N[C@@H](C)CO[C@H]1C[C@H](COc2ccc3nc(OCC(C)(C)O)sc3n2)C1. The first-order valence-corrected chi connectivity index (χ1v) is 10.6. The third-order valence-electron chi connectivity index (χ3n) is 4.45. The first kappa shape index (κ1) is 21.7. The van der Waals surface area contributed by atoms with Crippen molar-refractivity contribution in [3.8, 4) is 11.1 Å². The highest BCUT2D eigenvalue weighted by Gasteiger charge is 2.31. The third kappa shape index (κ3) is 6.80. The first-order chi connectivity index (χ1) is 13.7. The van der Waals surface area contributed by atoms with Gasteiger partial charge in [-0.05, 0) is 45.6 Å². The minimum Gasteiger partial charge on any atom is -0.477 e. The average Bonchev–Trinajstić information content (AvgIpc) is 2.99. The van der Waals surface area contributed by atoms with Crippen LogP contribution in [0.5, 0.6) is 11.1 Å². The normalized spacial score (nSPS) is 20.2. The highest BCUT2D eigenvalue weighted by Crippen LogP contribution is 2.32. The van der Waals surface area contributed by atoms with Crippen molar-refractivity contribution in [1.29, 1.82) is 0 Å². The standard InChI is InChI=1S/C20H29N3O5S/c1-12(21-13(2)24)9-26-15-7-14(8-15)10-27-17-6-5-16-18(23-17)29-19(22-16)28-11-20(3,4)25/h5-6,12,14-15,25H,7-11H2,1-4H3,(H,21,24)/t12-,14-,15-/m0/s1. The number of aromatic nitrogens is 2. The molecule has 1 atom stereocenters. The molecule has 2 aromatic rings.